The zero-order valence-electron chi connectivity index (χ0n) is 22.6. The van der Waals surface area contributed by atoms with Crippen LogP contribution in [0.3, 0.4) is 0 Å². The molecule has 0 spiro atoms. The normalized spacial score (nSPS) is 26.5. The van der Waals surface area contributed by atoms with E-state index in [4.69, 9.17) is 19.2 Å². The fourth-order valence-corrected chi connectivity index (χ4v) is 6.05. The maximum absolute atomic E-state index is 14.8. The monoisotopic (exact) mass is 546 g/mol. The largest absolute Gasteiger partial charge is 0.439 e. The predicted octanol–water partition coefficient (Wildman–Crippen LogP) is 4.07. The molecule has 212 valence electrons. The van der Waals surface area contributed by atoms with Crippen molar-refractivity contribution in [3.05, 3.63) is 10.6 Å². The van der Waals surface area contributed by atoms with Gasteiger partial charge in [0.05, 0.1) is 19.3 Å². The number of rotatable bonds is 7. The summed E-state index contributed by atoms with van der Waals surface area (Å²) in [5.74, 6) is -2.22. The summed E-state index contributed by atoms with van der Waals surface area (Å²) in [7, 11) is 0. The first-order chi connectivity index (χ1) is 18.7. The van der Waals surface area contributed by atoms with Crippen molar-refractivity contribution in [1.82, 2.24) is 29.7 Å². The number of aromatic nitrogens is 6. The molecule has 4 unspecified atom stereocenters. The molecule has 3 aliphatic rings. The molecule has 11 nitrogen and oxygen atoms in total. The smallest absolute Gasteiger partial charge is 0.377 e. The second-order valence-corrected chi connectivity index (χ2v) is 11.6. The van der Waals surface area contributed by atoms with Crippen LogP contribution in [0.4, 0.5) is 20.5 Å². The van der Waals surface area contributed by atoms with Crippen molar-refractivity contribution in [2.75, 3.05) is 30.0 Å². The molecular formula is C26H36F2N8O3. The molecule has 3 fully saturated rings. The average molecular weight is 547 g/mol. The van der Waals surface area contributed by atoms with Gasteiger partial charge in [0.15, 0.2) is 11.5 Å². The van der Waals surface area contributed by atoms with Crippen LogP contribution in [0.2, 0.25) is 0 Å². The Labute approximate surface area is 224 Å². The highest BCUT2D eigenvalue weighted by molar-refractivity contribution is 5.87. The highest BCUT2D eigenvalue weighted by Crippen LogP contribution is 2.43. The zero-order valence-corrected chi connectivity index (χ0v) is 22.6. The Kier molecular flexibility index (Phi) is 6.80. The van der Waals surface area contributed by atoms with E-state index in [1.807, 2.05) is 4.57 Å². The number of morpholine rings is 1. The fraction of sp³-hybridized carbons (Fsp3) is 0.731. The van der Waals surface area contributed by atoms with Crippen molar-refractivity contribution in [2.45, 2.75) is 83.8 Å². The Balaban J connectivity index is 1.48. The van der Waals surface area contributed by atoms with Crippen LogP contribution in [0.15, 0.2) is 9.32 Å². The van der Waals surface area contributed by atoms with Crippen LogP contribution >= 0.6 is 0 Å². The van der Waals surface area contributed by atoms with Crippen LogP contribution in [-0.2, 0) is 11.3 Å². The molecule has 2 aliphatic carbocycles. The van der Waals surface area contributed by atoms with Gasteiger partial charge in [0, 0.05) is 31.5 Å². The Morgan fingerprint density at radius 3 is 2.67 bits per heavy atom. The molecular weight excluding hydrogens is 510 g/mol. The third-order valence-corrected chi connectivity index (χ3v) is 8.81. The van der Waals surface area contributed by atoms with E-state index < -0.39 is 17.6 Å². The van der Waals surface area contributed by atoms with Crippen molar-refractivity contribution in [2.24, 2.45) is 17.8 Å². The van der Waals surface area contributed by atoms with E-state index in [-0.39, 0.29) is 36.1 Å². The van der Waals surface area contributed by atoms with Crippen molar-refractivity contribution in [1.29, 1.82) is 0 Å². The number of halogens is 2. The van der Waals surface area contributed by atoms with Crippen molar-refractivity contribution in [3.8, 4) is 11.6 Å². The number of anilines is 2. The quantitative estimate of drug-likeness (QED) is 0.451. The van der Waals surface area contributed by atoms with Gasteiger partial charge in [-0.1, -0.05) is 18.5 Å². The standard InChI is InChI=1S/C26H36F2N8O3/c1-14-7-8-17(11-26(14,27)28)12-36-19-20(29-16(3)18-5-4-6-18)30-22(23-33-25(37)39-34-23)31-21(19)32-24(36)35-9-10-38-13-15(35)2/h14-18H,4-13H2,1-3H3,(H,29,30,31)(H,33,34,37). The highest BCUT2D eigenvalue weighted by atomic mass is 19.3. The van der Waals surface area contributed by atoms with Gasteiger partial charge in [-0.3, -0.25) is 9.51 Å². The third-order valence-electron chi connectivity index (χ3n) is 8.81. The number of hydrogen-bond acceptors (Lipinski definition) is 9. The number of alkyl halides is 2. The Morgan fingerprint density at radius 2 is 2.00 bits per heavy atom. The Morgan fingerprint density at radius 1 is 1.18 bits per heavy atom. The Bertz CT molecular complexity index is 1380. The van der Waals surface area contributed by atoms with E-state index in [2.05, 4.69) is 39.2 Å². The molecule has 0 bridgehead atoms. The van der Waals surface area contributed by atoms with Gasteiger partial charge < -0.3 is 19.5 Å². The van der Waals surface area contributed by atoms with Crippen molar-refractivity contribution < 1.29 is 18.0 Å². The first-order valence-corrected chi connectivity index (χ1v) is 14.0. The molecule has 0 amide bonds. The predicted molar refractivity (Wildman–Crippen MR) is 141 cm³/mol. The van der Waals surface area contributed by atoms with Gasteiger partial charge in [-0.2, -0.15) is 4.98 Å². The number of fused-ring (bicyclic) bond motifs is 1. The van der Waals surface area contributed by atoms with Crippen LogP contribution in [0.1, 0.15) is 59.3 Å². The molecule has 0 radical (unpaired) electrons. The first-order valence-electron chi connectivity index (χ1n) is 14.0. The van der Waals surface area contributed by atoms with Crippen LogP contribution < -0.4 is 16.0 Å². The SMILES string of the molecule is CC(Nc1nc(-c2noc(=O)[nH]2)nc2nc(N3CCOCC3C)n(CC3CCC(C)C(F)(F)C3)c12)C1CCC1. The number of aromatic amines is 1. The number of imidazole rings is 1. The molecule has 39 heavy (non-hydrogen) atoms. The molecule has 0 aromatic carbocycles. The van der Waals surface area contributed by atoms with Crippen molar-refractivity contribution in [3.63, 3.8) is 0 Å². The maximum atomic E-state index is 14.8. The Hall–Kier alpha value is -3.09. The number of hydrogen-bond donors (Lipinski definition) is 2. The summed E-state index contributed by atoms with van der Waals surface area (Å²) in [6.07, 6.45) is 4.51. The second-order valence-electron chi connectivity index (χ2n) is 11.6. The number of nitrogens with one attached hydrogen (secondary N) is 2. The van der Waals surface area contributed by atoms with Crippen LogP contribution in [0, 0.1) is 17.8 Å². The molecule has 3 aromatic rings. The first kappa shape index (κ1) is 26.1. The maximum Gasteiger partial charge on any atom is 0.439 e. The van der Waals surface area contributed by atoms with Crippen LogP contribution in [0.5, 0.6) is 0 Å². The van der Waals surface area contributed by atoms with Gasteiger partial charge in [0.2, 0.25) is 17.6 Å². The molecule has 6 rings (SSSR count). The van der Waals surface area contributed by atoms with E-state index in [0.29, 0.717) is 61.6 Å². The van der Waals surface area contributed by atoms with E-state index in [9.17, 15) is 13.6 Å². The molecule has 1 saturated heterocycles. The lowest BCUT2D eigenvalue weighted by molar-refractivity contribution is -0.0970. The van der Waals surface area contributed by atoms with Gasteiger partial charge in [0.25, 0.3) is 5.92 Å². The molecule has 2 N–H and O–H groups in total. The fourth-order valence-electron chi connectivity index (χ4n) is 6.05. The van der Waals surface area contributed by atoms with Gasteiger partial charge >= 0.3 is 5.76 Å². The van der Waals surface area contributed by atoms with Gasteiger partial charge in [-0.15, -0.1) is 0 Å². The minimum absolute atomic E-state index is 0.0479. The summed E-state index contributed by atoms with van der Waals surface area (Å²) in [6, 6.07) is 0.182. The molecule has 1 aliphatic heterocycles. The van der Waals surface area contributed by atoms with Crippen LogP contribution in [0.25, 0.3) is 22.8 Å². The average Bonchev–Trinajstić information content (AvgIpc) is 3.44. The summed E-state index contributed by atoms with van der Waals surface area (Å²) in [5, 5.41) is 7.36. The molecule has 2 saturated carbocycles. The van der Waals surface area contributed by atoms with E-state index in [1.54, 1.807) is 6.92 Å². The third kappa shape index (κ3) is 5.01. The molecule has 13 heteroatoms. The number of ether oxygens (including phenoxy) is 1. The van der Waals surface area contributed by atoms with Crippen LogP contribution in [-0.4, -0.2) is 67.4 Å². The highest BCUT2D eigenvalue weighted by Gasteiger charge is 2.43. The zero-order chi connectivity index (χ0) is 27.3. The topological polar surface area (TPSA) is 127 Å². The molecule has 3 aromatic heterocycles. The van der Waals surface area contributed by atoms with Gasteiger partial charge in [0.1, 0.15) is 5.52 Å². The summed E-state index contributed by atoms with van der Waals surface area (Å²) in [5.41, 5.74) is 1.09. The van der Waals surface area contributed by atoms with Gasteiger partial charge in [-0.25, -0.2) is 23.5 Å². The minimum Gasteiger partial charge on any atom is -0.377 e. The summed E-state index contributed by atoms with van der Waals surface area (Å²) in [6.45, 7) is 7.93. The second kappa shape index (κ2) is 10.1. The lowest BCUT2D eigenvalue weighted by atomic mass is 9.80. The number of H-pyrrole nitrogens is 1. The lowest BCUT2D eigenvalue weighted by Gasteiger charge is -2.37. The summed E-state index contributed by atoms with van der Waals surface area (Å²) < 4.78 is 42.0. The summed E-state index contributed by atoms with van der Waals surface area (Å²) in [4.78, 5) is 30.7. The number of nitrogens with zero attached hydrogens (tertiary/aromatic N) is 6. The van der Waals surface area contributed by atoms with E-state index >= 15 is 0 Å². The molecule has 4 heterocycles. The molecule has 4 atom stereocenters. The summed E-state index contributed by atoms with van der Waals surface area (Å²) >= 11 is 0. The lowest BCUT2D eigenvalue weighted by Crippen LogP contribution is -2.45. The van der Waals surface area contributed by atoms with E-state index in [0.717, 1.165) is 19.3 Å². The van der Waals surface area contributed by atoms with E-state index in [1.165, 1.54) is 6.42 Å². The minimum atomic E-state index is -2.70. The van der Waals surface area contributed by atoms with Gasteiger partial charge in [-0.05, 0) is 51.4 Å². The van der Waals surface area contributed by atoms with Crippen molar-refractivity contribution >= 4 is 22.9 Å².